The third kappa shape index (κ3) is 13.3. The van der Waals surface area contributed by atoms with Crippen molar-refractivity contribution >= 4 is 13.8 Å². The Balaban J connectivity index is 3.05. The molecule has 9 N–H and O–H groups in total. The fourth-order valence-corrected chi connectivity index (χ4v) is 5.20. The molecule has 1 saturated carbocycles. The molecule has 1 aliphatic rings. The minimum atomic E-state index is -5.10. The van der Waals surface area contributed by atoms with Crippen LogP contribution in [0.15, 0.2) is 36.5 Å². The second-order valence-electron chi connectivity index (χ2n) is 9.67. The molecule has 11 nitrogen and oxygen atoms in total. The van der Waals surface area contributed by atoms with Crippen molar-refractivity contribution in [2.24, 2.45) is 17.6 Å². The number of rotatable bonds is 17. The highest BCUT2D eigenvalue weighted by molar-refractivity contribution is 7.46. The molecule has 1 fully saturated rings. The van der Waals surface area contributed by atoms with Gasteiger partial charge < -0.3 is 41.1 Å². The van der Waals surface area contributed by atoms with E-state index in [2.05, 4.69) is 6.08 Å². The van der Waals surface area contributed by atoms with Gasteiger partial charge in [-0.3, -0.25) is 9.32 Å². The van der Waals surface area contributed by atoms with Crippen LogP contribution in [-0.4, -0.2) is 77.9 Å². The summed E-state index contributed by atoms with van der Waals surface area (Å²) in [5.41, 5.74) is 3.52. The lowest BCUT2D eigenvalue weighted by molar-refractivity contribution is -0.140. The van der Waals surface area contributed by atoms with Crippen LogP contribution in [0.5, 0.6) is 0 Å². The molecular weight excluding hydrogens is 505 g/mol. The Hall–Kier alpha value is -1.40. The molecule has 0 aromatic rings. The molecule has 12 heteroatoms. The van der Waals surface area contributed by atoms with Gasteiger partial charge in [0.15, 0.2) is 0 Å². The molecule has 37 heavy (non-hydrogen) atoms. The van der Waals surface area contributed by atoms with Crippen molar-refractivity contribution < 1.29 is 49.2 Å². The highest BCUT2D eigenvalue weighted by Crippen LogP contribution is 2.42. The second kappa shape index (κ2) is 16.5. The molecule has 0 aromatic carbocycles. The SMILES string of the molecule is CC[C@@H](C(O)CC(=O)O)[C@@H](O)/C=C/[C@](O)(CCN)[C@@H](C[C@@H](O)/C=C\C=C/C1CCCCC1)OP(=O)(O)O. The lowest BCUT2D eigenvalue weighted by Crippen LogP contribution is -2.45. The van der Waals surface area contributed by atoms with Gasteiger partial charge in [-0.05, 0) is 38.1 Å². The zero-order valence-electron chi connectivity index (χ0n) is 21.4. The molecule has 1 rings (SSSR count). The molecule has 1 aliphatic carbocycles. The predicted octanol–water partition coefficient (Wildman–Crippen LogP) is 1.77. The molecule has 0 bridgehead atoms. The number of carbonyl (C=O) groups is 1. The Morgan fingerprint density at radius 3 is 2.32 bits per heavy atom. The molecular formula is C25H44NO10P. The highest BCUT2D eigenvalue weighted by atomic mass is 31.2. The van der Waals surface area contributed by atoms with Gasteiger partial charge in [-0.25, -0.2) is 4.57 Å². The van der Waals surface area contributed by atoms with E-state index in [4.69, 9.17) is 15.4 Å². The lowest BCUT2D eigenvalue weighted by Gasteiger charge is -2.35. The first kappa shape index (κ1) is 33.6. The molecule has 214 valence electrons. The number of phosphoric ester groups is 1. The maximum absolute atomic E-state index is 11.7. The van der Waals surface area contributed by atoms with Crippen LogP contribution in [0.1, 0.15) is 64.7 Å². The van der Waals surface area contributed by atoms with Crippen LogP contribution >= 0.6 is 7.82 Å². The first-order valence-electron chi connectivity index (χ1n) is 12.8. The van der Waals surface area contributed by atoms with Gasteiger partial charge in [-0.2, -0.15) is 0 Å². The summed E-state index contributed by atoms with van der Waals surface area (Å²) in [6.07, 6.45) is 8.37. The van der Waals surface area contributed by atoms with E-state index < -0.39 is 62.6 Å². The summed E-state index contributed by atoms with van der Waals surface area (Å²) in [5.74, 6) is -1.64. The van der Waals surface area contributed by atoms with E-state index in [1.165, 1.54) is 25.3 Å². The topological polar surface area (TPSA) is 211 Å². The summed E-state index contributed by atoms with van der Waals surface area (Å²) in [5, 5.41) is 51.3. The third-order valence-corrected chi connectivity index (χ3v) is 7.20. The summed E-state index contributed by atoms with van der Waals surface area (Å²) in [7, 11) is -5.10. The number of carboxylic acids is 1. The van der Waals surface area contributed by atoms with Crippen LogP contribution in [0.4, 0.5) is 0 Å². The van der Waals surface area contributed by atoms with Crippen LogP contribution in [-0.2, 0) is 13.9 Å². The Kier molecular flexibility index (Phi) is 15.0. The first-order valence-corrected chi connectivity index (χ1v) is 14.3. The number of nitrogens with two attached hydrogens (primary N) is 1. The largest absolute Gasteiger partial charge is 0.481 e. The Morgan fingerprint density at radius 1 is 1.14 bits per heavy atom. The Labute approximate surface area is 218 Å². The number of hydrogen-bond donors (Lipinski definition) is 8. The lowest BCUT2D eigenvalue weighted by atomic mass is 9.86. The number of allylic oxidation sites excluding steroid dienone is 3. The Morgan fingerprint density at radius 2 is 1.78 bits per heavy atom. The molecule has 0 heterocycles. The van der Waals surface area contributed by atoms with E-state index in [9.17, 15) is 39.6 Å². The minimum Gasteiger partial charge on any atom is -0.481 e. The van der Waals surface area contributed by atoms with Gasteiger partial charge in [0.2, 0.25) is 0 Å². The first-order chi connectivity index (χ1) is 17.3. The van der Waals surface area contributed by atoms with Gasteiger partial charge in [0.25, 0.3) is 0 Å². The van der Waals surface area contributed by atoms with Crippen molar-refractivity contribution in [1.29, 1.82) is 0 Å². The van der Waals surface area contributed by atoms with Crippen molar-refractivity contribution in [1.82, 2.24) is 0 Å². The van der Waals surface area contributed by atoms with E-state index in [1.807, 2.05) is 6.08 Å². The molecule has 6 atom stereocenters. The quantitative estimate of drug-likeness (QED) is 0.0744. The van der Waals surface area contributed by atoms with Crippen molar-refractivity contribution in [3.05, 3.63) is 36.5 Å². The summed E-state index contributed by atoms with van der Waals surface area (Å²) in [6.45, 7) is 1.52. The standard InChI is InChI=1S/C25H44NO10P/c1-2-20(22(29)17-24(30)31)21(28)12-13-25(32,14-15-26)23(36-37(33,34)35)16-19(27)11-7-6-10-18-8-4-3-5-9-18/h6-7,10-13,18-23,27-29,32H,2-5,8-9,14-17,26H2,1H3,(H,30,31)(H2,33,34,35)/b10-6-,11-7-,13-12+/t19-,20+,21-,22?,23+,25-/m0/s1. The molecule has 0 spiro atoms. The molecule has 1 unspecified atom stereocenters. The average molecular weight is 550 g/mol. The van der Waals surface area contributed by atoms with Crippen molar-refractivity contribution in [2.45, 2.75) is 94.7 Å². The van der Waals surface area contributed by atoms with Gasteiger partial charge in [0.05, 0.1) is 24.7 Å². The van der Waals surface area contributed by atoms with Crippen molar-refractivity contribution in [3.63, 3.8) is 0 Å². The minimum absolute atomic E-state index is 0.118. The van der Waals surface area contributed by atoms with E-state index in [0.29, 0.717) is 5.92 Å². The fourth-order valence-electron chi connectivity index (χ4n) is 4.60. The van der Waals surface area contributed by atoms with Crippen LogP contribution in [0.3, 0.4) is 0 Å². The molecule has 0 saturated heterocycles. The third-order valence-electron chi connectivity index (χ3n) is 6.67. The number of hydrogen-bond acceptors (Lipinski definition) is 8. The zero-order valence-corrected chi connectivity index (χ0v) is 22.3. The van der Waals surface area contributed by atoms with Crippen LogP contribution in [0, 0.1) is 11.8 Å². The zero-order chi connectivity index (χ0) is 28.1. The van der Waals surface area contributed by atoms with Crippen molar-refractivity contribution in [3.8, 4) is 0 Å². The van der Waals surface area contributed by atoms with Crippen LogP contribution in [0.2, 0.25) is 0 Å². The van der Waals surface area contributed by atoms with E-state index >= 15 is 0 Å². The number of phosphoric acid groups is 1. The maximum atomic E-state index is 11.7. The number of aliphatic hydroxyl groups excluding tert-OH is 3. The van der Waals surface area contributed by atoms with E-state index in [1.54, 1.807) is 13.0 Å². The normalized spacial score (nSPS) is 21.7. The van der Waals surface area contributed by atoms with Gasteiger partial charge in [0.1, 0.15) is 11.7 Å². The maximum Gasteiger partial charge on any atom is 0.469 e. The fraction of sp³-hybridized carbons (Fsp3) is 0.720. The highest BCUT2D eigenvalue weighted by Gasteiger charge is 2.40. The number of aliphatic carboxylic acids is 1. The van der Waals surface area contributed by atoms with Gasteiger partial charge in [-0.15, -0.1) is 0 Å². The smallest absolute Gasteiger partial charge is 0.469 e. The van der Waals surface area contributed by atoms with Gasteiger partial charge >= 0.3 is 13.8 Å². The Bertz CT molecular complexity index is 807. The predicted molar refractivity (Wildman–Crippen MR) is 138 cm³/mol. The van der Waals surface area contributed by atoms with E-state index in [0.717, 1.165) is 25.0 Å². The van der Waals surface area contributed by atoms with Gasteiger partial charge in [-0.1, -0.05) is 62.6 Å². The molecule has 0 amide bonds. The number of aliphatic hydroxyl groups is 4. The summed E-state index contributed by atoms with van der Waals surface area (Å²) in [6, 6.07) is 0. The summed E-state index contributed by atoms with van der Waals surface area (Å²) >= 11 is 0. The molecule has 0 aliphatic heterocycles. The molecule has 0 radical (unpaired) electrons. The summed E-state index contributed by atoms with van der Waals surface area (Å²) < 4.78 is 16.5. The van der Waals surface area contributed by atoms with Crippen LogP contribution in [0.25, 0.3) is 0 Å². The average Bonchev–Trinajstić information content (AvgIpc) is 2.80. The van der Waals surface area contributed by atoms with Crippen molar-refractivity contribution in [2.75, 3.05) is 6.54 Å². The van der Waals surface area contributed by atoms with Gasteiger partial charge in [0, 0.05) is 12.3 Å². The summed E-state index contributed by atoms with van der Waals surface area (Å²) in [4.78, 5) is 29.8. The molecule has 0 aromatic heterocycles. The van der Waals surface area contributed by atoms with E-state index in [-0.39, 0.29) is 19.4 Å². The van der Waals surface area contributed by atoms with Crippen LogP contribution < -0.4 is 5.73 Å². The second-order valence-corrected chi connectivity index (χ2v) is 10.9. The monoisotopic (exact) mass is 549 g/mol. The number of carboxylic acid groups (broad SMARTS) is 1.